The van der Waals surface area contributed by atoms with E-state index in [0.29, 0.717) is 23.6 Å². The summed E-state index contributed by atoms with van der Waals surface area (Å²) in [4.78, 5) is 27.3. The van der Waals surface area contributed by atoms with Crippen molar-refractivity contribution in [2.24, 2.45) is 0 Å². The second-order valence-corrected chi connectivity index (χ2v) is 6.66. The lowest BCUT2D eigenvalue weighted by atomic mass is 10.0. The van der Waals surface area contributed by atoms with Crippen molar-refractivity contribution >= 4 is 29.3 Å². The van der Waals surface area contributed by atoms with Crippen LogP contribution in [-0.2, 0) is 9.53 Å². The van der Waals surface area contributed by atoms with Gasteiger partial charge in [-0.3, -0.25) is 4.79 Å². The summed E-state index contributed by atoms with van der Waals surface area (Å²) < 4.78 is 4.62. The first-order chi connectivity index (χ1) is 9.48. The summed E-state index contributed by atoms with van der Waals surface area (Å²) >= 11 is 1.66. The molecule has 2 rings (SSSR count). The van der Waals surface area contributed by atoms with Gasteiger partial charge in [0.25, 0.3) is 0 Å². The number of aryl methyl sites for hydroxylation is 1. The topological polar surface area (TPSA) is 71.2 Å². The highest BCUT2D eigenvalue weighted by atomic mass is 32.2. The Morgan fingerprint density at radius 3 is 2.90 bits per heavy atom. The maximum atomic E-state index is 12.4. The number of thioether (sulfide) groups is 1. The molecule has 0 saturated carbocycles. The van der Waals surface area contributed by atoms with Gasteiger partial charge in [0.2, 0.25) is 5.91 Å². The highest BCUT2D eigenvalue weighted by molar-refractivity contribution is 8.01. The summed E-state index contributed by atoms with van der Waals surface area (Å²) in [6.07, 6.45) is 3.55. The predicted octanol–water partition coefficient (Wildman–Crippen LogP) is 2.72. The second-order valence-electron chi connectivity index (χ2n) is 5.06. The molecule has 2 N–H and O–H groups in total. The molecule has 2 heterocycles. The van der Waals surface area contributed by atoms with Crippen LogP contribution in [0, 0.1) is 6.92 Å². The Bertz CT molecular complexity index is 518. The number of carbonyl (C=O) groups excluding carboxylic acids is 2. The zero-order chi connectivity index (χ0) is 14.8. The number of carbonyl (C=O) groups is 2. The van der Waals surface area contributed by atoms with Gasteiger partial charge in [-0.05, 0) is 39.4 Å². The molecule has 1 aromatic rings. The Morgan fingerprint density at radius 2 is 2.30 bits per heavy atom. The molecule has 1 aliphatic heterocycles. The third kappa shape index (κ3) is 2.85. The standard InChI is InChI=1S/C14H20N2O3S/c1-4-19-12(17)11-9(2)15-8-10(11)16-13(18)14(3)6-5-7-20-14/h8,15H,4-7H2,1-3H3,(H,16,18). The molecular formula is C14H20N2O3S. The zero-order valence-corrected chi connectivity index (χ0v) is 12.9. The van der Waals surface area contributed by atoms with Crippen molar-refractivity contribution < 1.29 is 14.3 Å². The number of ether oxygens (including phenoxy) is 1. The molecule has 0 spiro atoms. The number of hydrogen-bond acceptors (Lipinski definition) is 4. The molecule has 1 aliphatic rings. The predicted molar refractivity (Wildman–Crippen MR) is 80.2 cm³/mol. The van der Waals surface area contributed by atoms with Gasteiger partial charge in [0.1, 0.15) is 5.56 Å². The lowest BCUT2D eigenvalue weighted by Crippen LogP contribution is -2.35. The average Bonchev–Trinajstić information content (AvgIpc) is 2.98. The molecule has 1 amide bonds. The quantitative estimate of drug-likeness (QED) is 0.838. The Balaban J connectivity index is 2.17. The van der Waals surface area contributed by atoms with E-state index in [4.69, 9.17) is 4.74 Å². The molecule has 1 unspecified atom stereocenters. The number of H-pyrrole nitrogens is 1. The van der Waals surface area contributed by atoms with Crippen LogP contribution in [0.1, 0.15) is 42.7 Å². The maximum absolute atomic E-state index is 12.4. The number of hydrogen-bond donors (Lipinski definition) is 2. The summed E-state index contributed by atoms with van der Waals surface area (Å²) in [7, 11) is 0. The molecule has 1 saturated heterocycles. The highest BCUT2D eigenvalue weighted by Crippen LogP contribution is 2.38. The van der Waals surface area contributed by atoms with Crippen LogP contribution in [0.5, 0.6) is 0 Å². The summed E-state index contributed by atoms with van der Waals surface area (Å²) in [5.74, 6) is 0.538. The van der Waals surface area contributed by atoms with Crippen LogP contribution < -0.4 is 5.32 Å². The molecular weight excluding hydrogens is 276 g/mol. The number of nitrogens with one attached hydrogen (secondary N) is 2. The highest BCUT2D eigenvalue weighted by Gasteiger charge is 2.37. The number of rotatable bonds is 4. The monoisotopic (exact) mass is 296 g/mol. The van der Waals surface area contributed by atoms with E-state index in [0.717, 1.165) is 18.6 Å². The summed E-state index contributed by atoms with van der Waals surface area (Å²) in [5, 5.41) is 2.86. The van der Waals surface area contributed by atoms with E-state index in [-0.39, 0.29) is 5.91 Å². The molecule has 1 fully saturated rings. The van der Waals surface area contributed by atoms with E-state index >= 15 is 0 Å². The molecule has 1 aromatic heterocycles. The van der Waals surface area contributed by atoms with Crippen molar-refractivity contribution in [3.63, 3.8) is 0 Å². The fourth-order valence-electron chi connectivity index (χ4n) is 2.30. The van der Waals surface area contributed by atoms with Gasteiger partial charge < -0.3 is 15.0 Å². The summed E-state index contributed by atoms with van der Waals surface area (Å²) in [6, 6.07) is 0. The first kappa shape index (κ1) is 15.0. The zero-order valence-electron chi connectivity index (χ0n) is 12.0. The number of esters is 1. The van der Waals surface area contributed by atoms with Gasteiger partial charge in [-0.1, -0.05) is 0 Å². The van der Waals surface area contributed by atoms with Gasteiger partial charge in [-0.15, -0.1) is 11.8 Å². The fourth-order valence-corrected chi connectivity index (χ4v) is 3.51. The Hall–Kier alpha value is -1.43. The number of amides is 1. The minimum absolute atomic E-state index is 0.0513. The summed E-state index contributed by atoms with van der Waals surface area (Å²) in [6.45, 7) is 5.80. The third-order valence-electron chi connectivity index (χ3n) is 3.50. The fraction of sp³-hybridized carbons (Fsp3) is 0.571. The van der Waals surface area contributed by atoms with Crippen LogP contribution in [0.3, 0.4) is 0 Å². The lowest BCUT2D eigenvalue weighted by Gasteiger charge is -2.21. The van der Waals surface area contributed by atoms with Crippen molar-refractivity contribution in [3.8, 4) is 0 Å². The molecule has 0 aliphatic carbocycles. The van der Waals surface area contributed by atoms with Crippen molar-refractivity contribution in [2.45, 2.75) is 38.4 Å². The first-order valence-corrected chi connectivity index (χ1v) is 7.77. The van der Waals surface area contributed by atoms with Gasteiger partial charge >= 0.3 is 5.97 Å². The lowest BCUT2D eigenvalue weighted by molar-refractivity contribution is -0.118. The van der Waals surface area contributed by atoms with Crippen LogP contribution in [0.25, 0.3) is 0 Å². The second kappa shape index (κ2) is 5.91. The molecule has 5 nitrogen and oxygen atoms in total. The smallest absolute Gasteiger partial charge is 0.342 e. The van der Waals surface area contributed by atoms with E-state index in [1.54, 1.807) is 31.8 Å². The molecule has 0 aromatic carbocycles. The minimum Gasteiger partial charge on any atom is -0.462 e. The molecule has 6 heteroatoms. The molecule has 20 heavy (non-hydrogen) atoms. The van der Waals surface area contributed by atoms with Crippen LogP contribution in [-0.4, -0.2) is 34.0 Å². The van der Waals surface area contributed by atoms with Crippen LogP contribution >= 0.6 is 11.8 Å². The van der Waals surface area contributed by atoms with Gasteiger partial charge in [0, 0.05) is 11.9 Å². The van der Waals surface area contributed by atoms with E-state index in [1.807, 2.05) is 6.92 Å². The van der Waals surface area contributed by atoms with Crippen LogP contribution in [0.15, 0.2) is 6.20 Å². The SMILES string of the molecule is CCOC(=O)c1c(NC(=O)C2(C)CCCS2)c[nH]c1C. The van der Waals surface area contributed by atoms with Crippen molar-refractivity contribution in [2.75, 3.05) is 17.7 Å². The van der Waals surface area contributed by atoms with E-state index in [1.165, 1.54) is 0 Å². The van der Waals surface area contributed by atoms with Gasteiger partial charge in [-0.25, -0.2) is 4.79 Å². The Morgan fingerprint density at radius 1 is 1.55 bits per heavy atom. The number of anilines is 1. The van der Waals surface area contributed by atoms with Crippen molar-refractivity contribution in [1.82, 2.24) is 4.98 Å². The first-order valence-electron chi connectivity index (χ1n) is 6.78. The maximum Gasteiger partial charge on any atom is 0.342 e. The average molecular weight is 296 g/mol. The van der Waals surface area contributed by atoms with Crippen LogP contribution in [0.2, 0.25) is 0 Å². The van der Waals surface area contributed by atoms with Crippen molar-refractivity contribution in [3.05, 3.63) is 17.5 Å². The number of aromatic nitrogens is 1. The minimum atomic E-state index is -0.411. The molecule has 1 atom stereocenters. The van der Waals surface area contributed by atoms with E-state index < -0.39 is 10.7 Å². The van der Waals surface area contributed by atoms with Crippen molar-refractivity contribution in [1.29, 1.82) is 0 Å². The number of aromatic amines is 1. The Kier molecular flexibility index (Phi) is 4.42. The van der Waals surface area contributed by atoms with E-state index in [9.17, 15) is 9.59 Å². The molecule has 110 valence electrons. The molecule has 0 bridgehead atoms. The van der Waals surface area contributed by atoms with Gasteiger partial charge in [0.05, 0.1) is 17.0 Å². The third-order valence-corrected chi connectivity index (χ3v) is 5.02. The van der Waals surface area contributed by atoms with Gasteiger partial charge in [0.15, 0.2) is 0 Å². The van der Waals surface area contributed by atoms with E-state index in [2.05, 4.69) is 10.3 Å². The normalized spacial score (nSPS) is 21.8. The molecule has 0 radical (unpaired) electrons. The Labute approximate surface area is 122 Å². The van der Waals surface area contributed by atoms with Crippen LogP contribution in [0.4, 0.5) is 5.69 Å². The largest absolute Gasteiger partial charge is 0.462 e. The van der Waals surface area contributed by atoms with Gasteiger partial charge in [-0.2, -0.15) is 0 Å². The summed E-state index contributed by atoms with van der Waals surface area (Å²) in [5.41, 5.74) is 1.61.